The second-order valence-corrected chi connectivity index (χ2v) is 5.66. The Hall–Kier alpha value is -3.81. The number of hydrogen-bond acceptors (Lipinski definition) is 5. The maximum atomic E-state index is 13.1. The molecular formula is C19H14FN5O2. The molecule has 4 rings (SSSR count). The number of benzene rings is 1. The van der Waals surface area contributed by atoms with Gasteiger partial charge >= 0.3 is 0 Å². The number of aromatic amines is 1. The zero-order valence-corrected chi connectivity index (χ0v) is 14.2. The van der Waals surface area contributed by atoms with Gasteiger partial charge in [-0.25, -0.2) is 19.3 Å². The summed E-state index contributed by atoms with van der Waals surface area (Å²) in [6.07, 6.45) is 3.08. The molecular weight excluding hydrogens is 349 g/mol. The van der Waals surface area contributed by atoms with Crippen molar-refractivity contribution in [1.29, 1.82) is 0 Å². The van der Waals surface area contributed by atoms with E-state index < -0.39 is 0 Å². The van der Waals surface area contributed by atoms with E-state index in [2.05, 4.69) is 25.3 Å². The average Bonchev–Trinajstić information content (AvgIpc) is 3.13. The van der Waals surface area contributed by atoms with Gasteiger partial charge in [-0.15, -0.1) is 0 Å². The standard InChI is InChI=1S/C19H14FN5O2/c1-27-19-14(3-2-9-22-19)23-18(26)13-8-10-21-17-15(13)24-16(25-17)11-4-6-12(20)7-5-11/h2-10H,1H3,(H,23,26)(H,21,24,25). The third-order valence-corrected chi connectivity index (χ3v) is 3.97. The number of fused-ring (bicyclic) bond motifs is 1. The molecule has 0 radical (unpaired) electrons. The van der Waals surface area contributed by atoms with Crippen molar-refractivity contribution in [2.75, 3.05) is 12.4 Å². The van der Waals surface area contributed by atoms with E-state index in [1.54, 1.807) is 36.5 Å². The Balaban J connectivity index is 1.71. The second kappa shape index (κ2) is 6.83. The third kappa shape index (κ3) is 3.20. The van der Waals surface area contributed by atoms with Crippen LogP contribution in [0.4, 0.5) is 10.1 Å². The summed E-state index contributed by atoms with van der Waals surface area (Å²) in [5.74, 6) is 0.117. The topological polar surface area (TPSA) is 92.8 Å². The highest BCUT2D eigenvalue weighted by Crippen LogP contribution is 2.24. The fraction of sp³-hybridized carbons (Fsp3) is 0.0526. The van der Waals surface area contributed by atoms with Crippen molar-refractivity contribution in [1.82, 2.24) is 19.9 Å². The van der Waals surface area contributed by atoms with Gasteiger partial charge in [0.2, 0.25) is 5.88 Å². The number of ether oxygens (including phenoxy) is 1. The molecule has 0 spiro atoms. The molecule has 0 aliphatic heterocycles. The summed E-state index contributed by atoms with van der Waals surface area (Å²) in [6.45, 7) is 0. The molecule has 0 fully saturated rings. The Bertz CT molecular complexity index is 1120. The lowest BCUT2D eigenvalue weighted by Crippen LogP contribution is -2.13. The summed E-state index contributed by atoms with van der Waals surface area (Å²) < 4.78 is 18.3. The first-order chi connectivity index (χ1) is 13.2. The molecule has 8 heteroatoms. The van der Waals surface area contributed by atoms with E-state index in [1.165, 1.54) is 25.4 Å². The number of anilines is 1. The molecule has 4 aromatic rings. The first-order valence-electron chi connectivity index (χ1n) is 8.07. The smallest absolute Gasteiger partial charge is 0.258 e. The number of nitrogens with one attached hydrogen (secondary N) is 2. The first-order valence-corrected chi connectivity index (χ1v) is 8.07. The highest BCUT2D eigenvalue weighted by Gasteiger charge is 2.17. The molecule has 0 bridgehead atoms. The summed E-state index contributed by atoms with van der Waals surface area (Å²) in [4.78, 5) is 28.5. The number of nitrogens with zero attached hydrogens (tertiary/aromatic N) is 3. The van der Waals surface area contributed by atoms with E-state index in [0.717, 1.165) is 0 Å². The number of H-pyrrole nitrogens is 1. The lowest BCUT2D eigenvalue weighted by Gasteiger charge is -2.08. The summed E-state index contributed by atoms with van der Waals surface area (Å²) in [7, 11) is 1.48. The number of amides is 1. The van der Waals surface area contributed by atoms with E-state index in [0.29, 0.717) is 39.7 Å². The summed E-state index contributed by atoms with van der Waals surface area (Å²) in [5, 5.41) is 2.77. The Morgan fingerprint density at radius 3 is 2.70 bits per heavy atom. The van der Waals surface area contributed by atoms with Gasteiger partial charge in [-0.05, 0) is 42.5 Å². The van der Waals surface area contributed by atoms with Gasteiger partial charge in [0.1, 0.15) is 17.3 Å². The highest BCUT2D eigenvalue weighted by molar-refractivity contribution is 6.11. The molecule has 3 heterocycles. The van der Waals surface area contributed by atoms with Crippen molar-refractivity contribution in [3.8, 4) is 17.3 Å². The van der Waals surface area contributed by atoms with Gasteiger partial charge in [-0.1, -0.05) is 0 Å². The van der Waals surface area contributed by atoms with Crippen molar-refractivity contribution in [3.05, 3.63) is 66.2 Å². The zero-order valence-electron chi connectivity index (χ0n) is 14.2. The van der Waals surface area contributed by atoms with Crippen LogP contribution in [0.3, 0.4) is 0 Å². The third-order valence-electron chi connectivity index (χ3n) is 3.97. The van der Waals surface area contributed by atoms with Gasteiger partial charge < -0.3 is 15.0 Å². The molecule has 2 N–H and O–H groups in total. The van der Waals surface area contributed by atoms with Crippen molar-refractivity contribution < 1.29 is 13.9 Å². The molecule has 0 atom stereocenters. The number of carbonyl (C=O) groups is 1. The maximum absolute atomic E-state index is 13.1. The zero-order chi connectivity index (χ0) is 18.8. The average molecular weight is 363 g/mol. The van der Waals surface area contributed by atoms with Crippen LogP contribution in [0.15, 0.2) is 54.9 Å². The van der Waals surface area contributed by atoms with E-state index in [4.69, 9.17) is 4.74 Å². The van der Waals surface area contributed by atoms with Crippen LogP contribution < -0.4 is 10.1 Å². The minimum Gasteiger partial charge on any atom is -0.480 e. The molecule has 3 aromatic heterocycles. The Labute approximate surface area is 153 Å². The number of hydrogen-bond donors (Lipinski definition) is 2. The number of pyridine rings is 2. The lowest BCUT2D eigenvalue weighted by atomic mass is 10.2. The molecule has 0 unspecified atom stereocenters. The Morgan fingerprint density at radius 1 is 1.11 bits per heavy atom. The highest BCUT2D eigenvalue weighted by atomic mass is 19.1. The van der Waals surface area contributed by atoms with E-state index in [-0.39, 0.29) is 11.7 Å². The van der Waals surface area contributed by atoms with E-state index >= 15 is 0 Å². The predicted octanol–water partition coefficient (Wildman–Crippen LogP) is 3.42. The molecule has 0 saturated carbocycles. The molecule has 0 aliphatic rings. The van der Waals surface area contributed by atoms with Crippen LogP contribution in [-0.4, -0.2) is 33.0 Å². The molecule has 27 heavy (non-hydrogen) atoms. The van der Waals surface area contributed by atoms with Gasteiger partial charge in [0.15, 0.2) is 5.65 Å². The summed E-state index contributed by atoms with van der Waals surface area (Å²) >= 11 is 0. The van der Waals surface area contributed by atoms with Crippen molar-refractivity contribution in [2.45, 2.75) is 0 Å². The molecule has 1 amide bonds. The van der Waals surface area contributed by atoms with Crippen molar-refractivity contribution >= 4 is 22.8 Å². The minimum absolute atomic E-state index is 0.313. The monoisotopic (exact) mass is 363 g/mol. The molecule has 7 nitrogen and oxygen atoms in total. The SMILES string of the molecule is COc1ncccc1NC(=O)c1ccnc2nc(-c3ccc(F)cc3)[nH]c12. The van der Waals surface area contributed by atoms with E-state index in [9.17, 15) is 9.18 Å². The largest absolute Gasteiger partial charge is 0.480 e. The lowest BCUT2D eigenvalue weighted by molar-refractivity contribution is 0.102. The predicted molar refractivity (Wildman–Crippen MR) is 98.0 cm³/mol. The number of methoxy groups -OCH3 is 1. The van der Waals surface area contributed by atoms with Crippen molar-refractivity contribution in [3.63, 3.8) is 0 Å². The number of imidazole rings is 1. The van der Waals surface area contributed by atoms with Crippen LogP contribution in [0.5, 0.6) is 5.88 Å². The minimum atomic E-state index is -0.358. The second-order valence-electron chi connectivity index (χ2n) is 5.66. The molecule has 0 aliphatic carbocycles. The van der Waals surface area contributed by atoms with Crippen LogP contribution in [0.25, 0.3) is 22.6 Å². The number of halogens is 1. The molecule has 0 saturated heterocycles. The number of aromatic nitrogens is 4. The van der Waals surface area contributed by atoms with Gasteiger partial charge in [-0.2, -0.15) is 0 Å². The number of carbonyl (C=O) groups excluding carboxylic acids is 1. The maximum Gasteiger partial charge on any atom is 0.258 e. The van der Waals surface area contributed by atoms with Crippen LogP contribution in [0.2, 0.25) is 0 Å². The van der Waals surface area contributed by atoms with Gasteiger partial charge in [-0.3, -0.25) is 4.79 Å². The van der Waals surface area contributed by atoms with Crippen LogP contribution in [0, 0.1) is 5.82 Å². The van der Waals surface area contributed by atoms with Crippen LogP contribution in [0.1, 0.15) is 10.4 Å². The van der Waals surface area contributed by atoms with E-state index in [1.807, 2.05) is 0 Å². The summed E-state index contributed by atoms with van der Waals surface area (Å²) in [6, 6.07) is 10.9. The van der Waals surface area contributed by atoms with Gasteiger partial charge in [0.25, 0.3) is 5.91 Å². The first kappa shape index (κ1) is 16.6. The fourth-order valence-corrected chi connectivity index (χ4v) is 2.68. The van der Waals surface area contributed by atoms with Gasteiger partial charge in [0.05, 0.1) is 18.2 Å². The number of rotatable bonds is 4. The van der Waals surface area contributed by atoms with Crippen LogP contribution >= 0.6 is 0 Å². The normalized spacial score (nSPS) is 10.7. The quantitative estimate of drug-likeness (QED) is 0.579. The molecule has 1 aromatic carbocycles. The molecule has 134 valence electrons. The van der Waals surface area contributed by atoms with Crippen LogP contribution in [-0.2, 0) is 0 Å². The Morgan fingerprint density at radius 2 is 1.93 bits per heavy atom. The van der Waals surface area contributed by atoms with Crippen molar-refractivity contribution in [2.24, 2.45) is 0 Å². The Kier molecular flexibility index (Phi) is 4.21. The summed E-state index contributed by atoms with van der Waals surface area (Å²) in [5.41, 5.74) is 2.38. The fourth-order valence-electron chi connectivity index (χ4n) is 2.68. The van der Waals surface area contributed by atoms with Gasteiger partial charge in [0, 0.05) is 18.0 Å².